The maximum absolute atomic E-state index is 10.9. The van der Waals surface area contributed by atoms with Gasteiger partial charge in [-0.25, -0.2) is 15.2 Å². The van der Waals surface area contributed by atoms with Crippen molar-refractivity contribution < 1.29 is 4.79 Å². The molecule has 1 saturated heterocycles. The number of hydrazine groups is 1. The van der Waals surface area contributed by atoms with E-state index in [1.54, 1.807) is 0 Å². The molecule has 2 amide bonds. The summed E-state index contributed by atoms with van der Waals surface area (Å²) in [5, 5.41) is 1.42. The molecule has 3 N–H and O–H groups in total. The fourth-order valence-corrected chi connectivity index (χ4v) is 1.61. The number of fused-ring (bicyclic) bond motifs is 1. The predicted molar refractivity (Wildman–Crippen MR) is 44.8 cm³/mol. The maximum Gasteiger partial charge on any atom is 0.333 e. The lowest BCUT2D eigenvalue weighted by molar-refractivity contribution is 0.211. The van der Waals surface area contributed by atoms with Crippen molar-refractivity contribution in [1.29, 1.82) is 0 Å². The summed E-state index contributed by atoms with van der Waals surface area (Å²) in [5.74, 6) is 0.419. The largest absolute Gasteiger partial charge is 0.350 e. The summed E-state index contributed by atoms with van der Waals surface area (Å²) in [7, 11) is 0. The average Bonchev–Trinajstić information content (AvgIpc) is 2.47. The number of amides is 2. The molecule has 0 aromatic heterocycles. The van der Waals surface area contributed by atoms with Gasteiger partial charge < -0.3 is 5.73 Å². The van der Waals surface area contributed by atoms with Crippen molar-refractivity contribution in [2.75, 3.05) is 6.54 Å². The molecular formula is C8H11N3O. The second-order valence-corrected chi connectivity index (χ2v) is 2.99. The average molecular weight is 165 g/mol. The topological polar surface area (TPSA) is 58.4 Å². The first-order valence-corrected chi connectivity index (χ1v) is 3.99. The molecular weight excluding hydrogens is 154 g/mol. The van der Waals surface area contributed by atoms with Crippen molar-refractivity contribution in [3.05, 3.63) is 23.9 Å². The molecule has 1 heterocycles. The van der Waals surface area contributed by atoms with E-state index in [1.165, 1.54) is 5.01 Å². The van der Waals surface area contributed by atoms with Gasteiger partial charge in [0.05, 0.1) is 0 Å². The van der Waals surface area contributed by atoms with Crippen LogP contribution in [0.5, 0.6) is 0 Å². The highest BCUT2D eigenvalue weighted by Gasteiger charge is 2.30. The summed E-state index contributed by atoms with van der Waals surface area (Å²) in [6, 6.07) is -0.431. The number of hydrogen-bond donors (Lipinski definition) is 2. The van der Waals surface area contributed by atoms with Crippen molar-refractivity contribution >= 4 is 6.03 Å². The number of hydrogen-bond acceptors (Lipinski definition) is 2. The van der Waals surface area contributed by atoms with Crippen LogP contribution in [-0.2, 0) is 0 Å². The van der Waals surface area contributed by atoms with Crippen LogP contribution in [0.4, 0.5) is 4.79 Å². The van der Waals surface area contributed by atoms with Crippen LogP contribution in [0.3, 0.4) is 0 Å². The molecule has 4 nitrogen and oxygen atoms in total. The number of carbonyl (C=O) groups excluding carboxylic acids is 1. The molecule has 0 bridgehead atoms. The van der Waals surface area contributed by atoms with Crippen LogP contribution in [0.1, 0.15) is 6.42 Å². The summed E-state index contributed by atoms with van der Waals surface area (Å²) in [6.07, 6.45) is 6.97. The lowest BCUT2D eigenvalue weighted by Gasteiger charge is -2.17. The molecule has 0 radical (unpaired) electrons. The monoisotopic (exact) mass is 165 g/mol. The number of nitrogens with zero attached hydrogens (tertiary/aromatic N) is 1. The molecule has 1 fully saturated rings. The van der Waals surface area contributed by atoms with Crippen molar-refractivity contribution in [2.24, 2.45) is 11.7 Å². The summed E-state index contributed by atoms with van der Waals surface area (Å²) < 4.78 is 0. The van der Waals surface area contributed by atoms with Crippen LogP contribution in [0.15, 0.2) is 23.9 Å². The minimum Gasteiger partial charge on any atom is -0.350 e. The number of rotatable bonds is 0. The summed E-state index contributed by atoms with van der Waals surface area (Å²) in [4.78, 5) is 10.9. The van der Waals surface area contributed by atoms with E-state index in [1.807, 2.05) is 12.2 Å². The number of nitrogens with two attached hydrogens (primary N) is 1. The Labute approximate surface area is 70.7 Å². The standard InChI is InChI=1S/C8H11N3O/c9-8(12)11-7-4-2-1-3-6(7)5-10-11/h1-2,4,6,10H,3,5H2,(H2,9,12). The number of nitrogens with one attached hydrogen (secondary N) is 1. The third kappa shape index (κ3) is 1.00. The maximum atomic E-state index is 10.9. The number of allylic oxidation sites excluding steroid dienone is 3. The second-order valence-electron chi connectivity index (χ2n) is 2.99. The Morgan fingerprint density at radius 2 is 2.58 bits per heavy atom. The molecule has 4 heteroatoms. The van der Waals surface area contributed by atoms with Gasteiger partial charge in [-0.2, -0.15) is 0 Å². The molecule has 1 atom stereocenters. The van der Waals surface area contributed by atoms with Crippen LogP contribution in [0.25, 0.3) is 0 Å². The van der Waals surface area contributed by atoms with Gasteiger partial charge in [-0.1, -0.05) is 12.2 Å². The van der Waals surface area contributed by atoms with Crippen LogP contribution in [0, 0.1) is 5.92 Å². The quantitative estimate of drug-likeness (QED) is 0.544. The fourth-order valence-electron chi connectivity index (χ4n) is 1.61. The van der Waals surface area contributed by atoms with Gasteiger partial charge in [0.2, 0.25) is 0 Å². The highest BCUT2D eigenvalue weighted by Crippen LogP contribution is 2.26. The van der Waals surface area contributed by atoms with Crippen molar-refractivity contribution in [3.63, 3.8) is 0 Å². The van der Waals surface area contributed by atoms with Gasteiger partial charge in [0.15, 0.2) is 0 Å². The van der Waals surface area contributed by atoms with E-state index in [0.717, 1.165) is 18.7 Å². The van der Waals surface area contributed by atoms with Crippen molar-refractivity contribution in [3.8, 4) is 0 Å². The van der Waals surface area contributed by atoms with E-state index in [4.69, 9.17) is 5.73 Å². The van der Waals surface area contributed by atoms with E-state index >= 15 is 0 Å². The summed E-state index contributed by atoms with van der Waals surface area (Å²) >= 11 is 0. The van der Waals surface area contributed by atoms with Gasteiger partial charge in [0.25, 0.3) is 0 Å². The highest BCUT2D eigenvalue weighted by atomic mass is 16.2. The molecule has 2 aliphatic rings. The molecule has 0 aromatic rings. The van der Waals surface area contributed by atoms with E-state index in [9.17, 15) is 4.79 Å². The van der Waals surface area contributed by atoms with Crippen LogP contribution < -0.4 is 11.2 Å². The van der Waals surface area contributed by atoms with Crippen molar-refractivity contribution in [1.82, 2.24) is 10.4 Å². The molecule has 64 valence electrons. The Bertz CT molecular complexity index is 269. The van der Waals surface area contributed by atoms with Gasteiger partial charge in [0, 0.05) is 18.2 Å². The molecule has 0 aromatic carbocycles. The summed E-state index contributed by atoms with van der Waals surface area (Å²) in [6.45, 7) is 0.805. The van der Waals surface area contributed by atoms with Gasteiger partial charge in [-0.3, -0.25) is 0 Å². The van der Waals surface area contributed by atoms with Crippen molar-refractivity contribution in [2.45, 2.75) is 6.42 Å². The Kier molecular flexibility index (Phi) is 1.62. The minimum atomic E-state index is -0.431. The lowest BCUT2D eigenvalue weighted by Crippen LogP contribution is -2.39. The lowest BCUT2D eigenvalue weighted by atomic mass is 9.98. The predicted octanol–water partition coefficient (Wildman–Crippen LogP) is 0.345. The molecule has 2 rings (SSSR count). The molecule has 1 aliphatic heterocycles. The van der Waals surface area contributed by atoms with Gasteiger partial charge in [-0.15, -0.1) is 0 Å². The first kappa shape index (κ1) is 7.36. The minimum absolute atomic E-state index is 0.419. The molecule has 1 aliphatic carbocycles. The van der Waals surface area contributed by atoms with Crippen LogP contribution in [-0.4, -0.2) is 17.6 Å². The summed E-state index contributed by atoms with van der Waals surface area (Å²) in [5.41, 5.74) is 9.10. The van der Waals surface area contributed by atoms with E-state index in [2.05, 4.69) is 11.5 Å². The zero-order chi connectivity index (χ0) is 8.55. The van der Waals surface area contributed by atoms with E-state index in [-0.39, 0.29) is 0 Å². The molecule has 1 unspecified atom stereocenters. The van der Waals surface area contributed by atoms with Crippen LogP contribution in [0.2, 0.25) is 0 Å². The first-order valence-electron chi connectivity index (χ1n) is 3.99. The Morgan fingerprint density at radius 1 is 1.75 bits per heavy atom. The molecule has 12 heavy (non-hydrogen) atoms. The van der Waals surface area contributed by atoms with E-state index in [0.29, 0.717) is 5.92 Å². The highest BCUT2D eigenvalue weighted by molar-refractivity contribution is 5.74. The Morgan fingerprint density at radius 3 is 3.33 bits per heavy atom. The van der Waals surface area contributed by atoms with Gasteiger partial charge in [-0.05, 0) is 12.5 Å². The number of carbonyl (C=O) groups is 1. The molecule has 0 spiro atoms. The third-order valence-electron chi connectivity index (χ3n) is 2.22. The zero-order valence-corrected chi connectivity index (χ0v) is 6.66. The third-order valence-corrected chi connectivity index (χ3v) is 2.22. The number of primary amides is 1. The van der Waals surface area contributed by atoms with Gasteiger partial charge >= 0.3 is 6.03 Å². The first-order chi connectivity index (χ1) is 5.79. The zero-order valence-electron chi connectivity index (χ0n) is 6.66. The second kappa shape index (κ2) is 2.64. The van der Waals surface area contributed by atoms with E-state index < -0.39 is 6.03 Å². The normalized spacial score (nSPS) is 26.8. The smallest absolute Gasteiger partial charge is 0.333 e. The van der Waals surface area contributed by atoms with Gasteiger partial charge in [0.1, 0.15) is 0 Å². The van der Waals surface area contributed by atoms with Crippen LogP contribution >= 0.6 is 0 Å². The Balaban J connectivity index is 2.25. The molecule has 0 saturated carbocycles. The SMILES string of the molecule is NC(=O)N1NCC2CC=CC=C21. The fraction of sp³-hybridized carbons (Fsp3) is 0.375. The number of urea groups is 1. The Hall–Kier alpha value is -1.29.